The molecule has 0 radical (unpaired) electrons. The Labute approximate surface area is 90.9 Å². The second-order valence-electron chi connectivity index (χ2n) is 2.80. The third-order valence-electron chi connectivity index (χ3n) is 1.42. The van der Waals surface area contributed by atoms with Crippen LogP contribution >= 0.6 is 11.8 Å². The number of hydrogen-bond donors (Lipinski definition) is 1. The molecule has 0 unspecified atom stereocenters. The number of aromatic amines is 1. The average molecular weight is 249 g/mol. The second-order valence-corrected chi connectivity index (χ2v) is 5.41. The molecule has 1 aromatic heterocycles. The summed E-state index contributed by atoms with van der Waals surface area (Å²) in [6.07, 6.45) is 0. The summed E-state index contributed by atoms with van der Waals surface area (Å²) in [6, 6.07) is 1.33. The second kappa shape index (κ2) is 4.77. The van der Waals surface area contributed by atoms with Gasteiger partial charge in [0.2, 0.25) is 0 Å². The number of nitrogens with zero attached hydrogens (tertiary/aromatic N) is 1. The van der Waals surface area contributed by atoms with E-state index in [-0.39, 0.29) is 11.3 Å². The normalized spacial score (nSPS) is 11.6. The van der Waals surface area contributed by atoms with Crippen LogP contribution in [0.25, 0.3) is 0 Å². The standard InChI is InChI=1S/C7H10N2O4S2/c1-5-4-6(10)9-7(8-5)14-2-3-15(11,12)13/h4H,2-3H2,1H3,(H,8,9,10)(H,11,12,13)/p-1. The average Bonchev–Trinajstić information content (AvgIpc) is 1.99. The van der Waals surface area contributed by atoms with Crippen LogP contribution in [0.4, 0.5) is 0 Å². The van der Waals surface area contributed by atoms with Crippen molar-refractivity contribution in [2.45, 2.75) is 12.1 Å². The van der Waals surface area contributed by atoms with Gasteiger partial charge in [0.05, 0.1) is 10.1 Å². The molecule has 0 bridgehead atoms. The lowest BCUT2D eigenvalue weighted by atomic mass is 10.5. The summed E-state index contributed by atoms with van der Waals surface area (Å²) >= 11 is 1.03. The van der Waals surface area contributed by atoms with Crippen molar-refractivity contribution in [3.63, 3.8) is 0 Å². The van der Waals surface area contributed by atoms with Crippen LogP contribution in [0.3, 0.4) is 0 Å². The highest BCUT2D eigenvalue weighted by atomic mass is 32.2. The number of H-pyrrole nitrogens is 1. The molecule has 0 aliphatic rings. The summed E-state index contributed by atoms with van der Waals surface area (Å²) in [5, 5.41) is 0.323. The van der Waals surface area contributed by atoms with Crippen LogP contribution in [0.2, 0.25) is 0 Å². The molecule has 84 valence electrons. The van der Waals surface area contributed by atoms with Crippen LogP contribution < -0.4 is 5.56 Å². The van der Waals surface area contributed by atoms with Crippen LogP contribution in [0, 0.1) is 6.92 Å². The van der Waals surface area contributed by atoms with Crippen molar-refractivity contribution in [2.75, 3.05) is 11.5 Å². The van der Waals surface area contributed by atoms with Gasteiger partial charge in [0.25, 0.3) is 5.56 Å². The Kier molecular flexibility index (Phi) is 3.89. The molecule has 0 aliphatic heterocycles. The van der Waals surface area contributed by atoms with Crippen molar-refractivity contribution in [2.24, 2.45) is 0 Å². The highest BCUT2D eigenvalue weighted by Gasteiger charge is 2.01. The van der Waals surface area contributed by atoms with Gasteiger partial charge in [-0.1, -0.05) is 11.8 Å². The summed E-state index contributed by atoms with van der Waals surface area (Å²) in [5.41, 5.74) is 0.251. The highest BCUT2D eigenvalue weighted by Crippen LogP contribution is 2.10. The number of aromatic nitrogens is 2. The Morgan fingerprint density at radius 2 is 2.27 bits per heavy atom. The first-order chi connectivity index (χ1) is 6.87. The molecule has 6 nitrogen and oxygen atoms in total. The van der Waals surface area contributed by atoms with Gasteiger partial charge in [0.15, 0.2) is 5.16 Å². The van der Waals surface area contributed by atoms with Gasteiger partial charge in [-0.15, -0.1) is 0 Å². The molecule has 0 spiro atoms. The van der Waals surface area contributed by atoms with Gasteiger partial charge in [-0.05, 0) is 6.92 Å². The minimum atomic E-state index is -4.21. The fourth-order valence-corrected chi connectivity index (χ4v) is 2.58. The molecule has 0 amide bonds. The summed E-state index contributed by atoms with van der Waals surface area (Å²) in [5.74, 6) is -0.395. The lowest BCUT2D eigenvalue weighted by molar-refractivity contribution is 0.465. The zero-order valence-electron chi connectivity index (χ0n) is 7.89. The molecule has 1 heterocycles. The van der Waals surface area contributed by atoms with E-state index >= 15 is 0 Å². The molecule has 15 heavy (non-hydrogen) atoms. The number of hydrogen-bond acceptors (Lipinski definition) is 6. The third kappa shape index (κ3) is 4.96. The molecule has 0 aliphatic carbocycles. The van der Waals surface area contributed by atoms with E-state index in [4.69, 9.17) is 0 Å². The van der Waals surface area contributed by atoms with Crippen LogP contribution in [-0.2, 0) is 10.1 Å². The predicted molar refractivity (Wildman–Crippen MR) is 54.9 cm³/mol. The van der Waals surface area contributed by atoms with Crippen molar-refractivity contribution >= 4 is 21.9 Å². The van der Waals surface area contributed by atoms with E-state index in [1.54, 1.807) is 6.92 Å². The van der Waals surface area contributed by atoms with E-state index in [1.807, 2.05) is 0 Å². The SMILES string of the molecule is Cc1cc(=O)[nH]c(SCCS(=O)(=O)[O-])n1. The Balaban J connectivity index is 2.62. The maximum atomic E-state index is 11.0. The number of aryl methyl sites for hydroxylation is 1. The Hall–Kier alpha value is -0.860. The van der Waals surface area contributed by atoms with E-state index < -0.39 is 15.9 Å². The van der Waals surface area contributed by atoms with Crippen LogP contribution in [0.5, 0.6) is 0 Å². The van der Waals surface area contributed by atoms with Gasteiger partial charge in [-0.2, -0.15) is 0 Å². The molecule has 0 saturated heterocycles. The van der Waals surface area contributed by atoms with Gasteiger partial charge in [-0.3, -0.25) is 4.79 Å². The number of thioether (sulfide) groups is 1. The molecule has 0 aromatic carbocycles. The first kappa shape index (κ1) is 12.2. The summed E-state index contributed by atoms with van der Waals surface area (Å²) in [4.78, 5) is 17.4. The molecule has 1 aromatic rings. The fourth-order valence-electron chi connectivity index (χ4n) is 0.860. The smallest absolute Gasteiger partial charge is 0.251 e. The summed E-state index contributed by atoms with van der Waals surface area (Å²) < 4.78 is 30.9. The molecule has 1 rings (SSSR count). The van der Waals surface area contributed by atoms with Crippen molar-refractivity contribution in [3.8, 4) is 0 Å². The topological polar surface area (TPSA) is 103 Å². The largest absolute Gasteiger partial charge is 0.748 e. The Morgan fingerprint density at radius 1 is 1.60 bits per heavy atom. The Bertz CT molecular complexity index is 494. The van der Waals surface area contributed by atoms with Gasteiger partial charge >= 0.3 is 0 Å². The van der Waals surface area contributed by atoms with E-state index in [0.29, 0.717) is 10.9 Å². The number of rotatable bonds is 4. The lowest BCUT2D eigenvalue weighted by Crippen LogP contribution is -2.10. The third-order valence-corrected chi connectivity index (χ3v) is 3.26. The van der Waals surface area contributed by atoms with E-state index in [1.165, 1.54) is 6.07 Å². The van der Waals surface area contributed by atoms with Crippen molar-refractivity contribution in [1.29, 1.82) is 0 Å². The molecule has 0 atom stereocenters. The zero-order chi connectivity index (χ0) is 11.5. The minimum Gasteiger partial charge on any atom is -0.748 e. The molecule has 1 N–H and O–H groups in total. The highest BCUT2D eigenvalue weighted by molar-refractivity contribution is 8.00. The fraction of sp³-hybridized carbons (Fsp3) is 0.429. The van der Waals surface area contributed by atoms with Crippen LogP contribution in [-0.4, -0.2) is 34.4 Å². The van der Waals surface area contributed by atoms with Gasteiger partial charge < -0.3 is 9.54 Å². The summed E-state index contributed by atoms with van der Waals surface area (Å²) in [7, 11) is -4.21. The van der Waals surface area contributed by atoms with Crippen molar-refractivity contribution in [1.82, 2.24) is 9.97 Å². The summed E-state index contributed by atoms with van der Waals surface area (Å²) in [6.45, 7) is 1.66. The lowest BCUT2D eigenvalue weighted by Gasteiger charge is -2.05. The zero-order valence-corrected chi connectivity index (χ0v) is 9.52. The molecule has 0 saturated carbocycles. The van der Waals surface area contributed by atoms with Gasteiger partial charge in [0.1, 0.15) is 0 Å². The molecule has 8 heteroatoms. The van der Waals surface area contributed by atoms with E-state index in [0.717, 1.165) is 11.8 Å². The van der Waals surface area contributed by atoms with Crippen LogP contribution in [0.15, 0.2) is 16.0 Å². The molecule has 0 fully saturated rings. The van der Waals surface area contributed by atoms with Crippen molar-refractivity contribution < 1.29 is 13.0 Å². The van der Waals surface area contributed by atoms with Crippen molar-refractivity contribution in [3.05, 3.63) is 22.1 Å². The Morgan fingerprint density at radius 3 is 2.80 bits per heavy atom. The first-order valence-corrected chi connectivity index (χ1v) is 6.57. The maximum Gasteiger partial charge on any atom is 0.251 e. The minimum absolute atomic E-state index is 0.0816. The van der Waals surface area contributed by atoms with Crippen LogP contribution in [0.1, 0.15) is 5.69 Å². The predicted octanol–water partition coefficient (Wildman–Crippen LogP) is -0.284. The van der Waals surface area contributed by atoms with Gasteiger partial charge in [-0.25, -0.2) is 13.4 Å². The monoisotopic (exact) mass is 249 g/mol. The quantitative estimate of drug-likeness (QED) is 0.447. The number of nitrogens with one attached hydrogen (secondary N) is 1. The first-order valence-electron chi connectivity index (χ1n) is 4.01. The maximum absolute atomic E-state index is 11.0. The van der Waals surface area contributed by atoms with Gasteiger partial charge in [0, 0.05) is 23.3 Å². The van der Waals surface area contributed by atoms with E-state index in [9.17, 15) is 17.8 Å². The molecular formula is C7H9N2O4S2-. The van der Waals surface area contributed by atoms with E-state index in [2.05, 4.69) is 9.97 Å². The molecular weight excluding hydrogens is 240 g/mol.